The summed E-state index contributed by atoms with van der Waals surface area (Å²) in [6.07, 6.45) is 3.46. The number of carbonyl (C=O) groups is 1. The standard InChI is InChI=1S/C21H19N3O3S/c25-19(24-27)11-10-15-6-8-17(9-7-15)14-28-21-22-18(13-20(26)23-21)12-16-4-2-1-3-5-16/h1-11,13,27H,12,14H2,(H,24,25)(H,22,23,26)/b11-10+. The molecule has 0 aliphatic carbocycles. The van der Waals surface area contributed by atoms with Crippen LogP contribution in [-0.2, 0) is 17.0 Å². The fourth-order valence-electron chi connectivity index (χ4n) is 2.53. The van der Waals surface area contributed by atoms with Crippen molar-refractivity contribution in [3.8, 4) is 0 Å². The van der Waals surface area contributed by atoms with E-state index in [4.69, 9.17) is 5.21 Å². The van der Waals surface area contributed by atoms with Crippen molar-refractivity contribution in [1.82, 2.24) is 15.4 Å². The van der Waals surface area contributed by atoms with E-state index in [1.54, 1.807) is 11.6 Å². The van der Waals surface area contributed by atoms with Gasteiger partial charge in [0.15, 0.2) is 5.16 Å². The first kappa shape index (κ1) is 19.6. The van der Waals surface area contributed by atoms with Crippen molar-refractivity contribution in [3.05, 3.63) is 99.5 Å². The van der Waals surface area contributed by atoms with Gasteiger partial charge in [0.05, 0.1) is 5.69 Å². The highest BCUT2D eigenvalue weighted by Gasteiger charge is 2.04. The van der Waals surface area contributed by atoms with Gasteiger partial charge in [0.2, 0.25) is 0 Å². The maximum atomic E-state index is 11.9. The first-order chi connectivity index (χ1) is 13.6. The van der Waals surface area contributed by atoms with E-state index < -0.39 is 5.91 Å². The van der Waals surface area contributed by atoms with Crippen LogP contribution < -0.4 is 11.0 Å². The molecule has 3 aromatic rings. The van der Waals surface area contributed by atoms with Gasteiger partial charge in [-0.15, -0.1) is 0 Å². The van der Waals surface area contributed by atoms with Crippen LogP contribution in [0.3, 0.4) is 0 Å². The Labute approximate surface area is 166 Å². The van der Waals surface area contributed by atoms with Crippen LogP contribution in [0, 0.1) is 0 Å². The van der Waals surface area contributed by atoms with E-state index in [2.05, 4.69) is 9.97 Å². The second-order valence-corrected chi connectivity index (χ2v) is 7.01. The lowest BCUT2D eigenvalue weighted by molar-refractivity contribution is -0.124. The molecule has 0 aliphatic rings. The molecule has 0 fully saturated rings. The van der Waals surface area contributed by atoms with Gasteiger partial charge in [-0.3, -0.25) is 14.8 Å². The van der Waals surface area contributed by atoms with Crippen LogP contribution in [0.5, 0.6) is 0 Å². The van der Waals surface area contributed by atoms with E-state index in [0.717, 1.165) is 22.4 Å². The lowest BCUT2D eigenvalue weighted by atomic mass is 10.1. The highest BCUT2D eigenvalue weighted by atomic mass is 32.2. The molecule has 0 saturated carbocycles. The fraction of sp³-hybridized carbons (Fsp3) is 0.0952. The molecular formula is C21H19N3O3S. The lowest BCUT2D eigenvalue weighted by Crippen LogP contribution is -2.14. The largest absolute Gasteiger partial charge is 0.301 e. The Morgan fingerprint density at radius 2 is 1.86 bits per heavy atom. The number of hydroxylamine groups is 1. The van der Waals surface area contributed by atoms with Crippen LogP contribution in [0.1, 0.15) is 22.4 Å². The summed E-state index contributed by atoms with van der Waals surface area (Å²) >= 11 is 1.46. The summed E-state index contributed by atoms with van der Waals surface area (Å²) in [4.78, 5) is 30.3. The summed E-state index contributed by atoms with van der Waals surface area (Å²) in [6, 6.07) is 19.1. The molecular weight excluding hydrogens is 374 g/mol. The fourth-order valence-corrected chi connectivity index (χ4v) is 3.38. The van der Waals surface area contributed by atoms with E-state index in [1.807, 2.05) is 54.6 Å². The molecule has 0 saturated heterocycles. The van der Waals surface area contributed by atoms with Crippen molar-refractivity contribution in [2.75, 3.05) is 0 Å². The van der Waals surface area contributed by atoms with Crippen LogP contribution in [0.4, 0.5) is 0 Å². The van der Waals surface area contributed by atoms with Crippen LogP contribution in [0.15, 0.2) is 76.7 Å². The van der Waals surface area contributed by atoms with Crippen molar-refractivity contribution in [3.63, 3.8) is 0 Å². The van der Waals surface area contributed by atoms with Gasteiger partial charge in [-0.25, -0.2) is 10.5 Å². The van der Waals surface area contributed by atoms with Crippen molar-refractivity contribution in [2.24, 2.45) is 0 Å². The second-order valence-electron chi connectivity index (χ2n) is 6.04. The summed E-state index contributed by atoms with van der Waals surface area (Å²) in [5, 5.41) is 9.06. The SMILES string of the molecule is O=C(/C=C/c1ccc(CSc2nc(Cc3ccccc3)cc(=O)[nH]2)cc1)NO. The number of aromatic amines is 1. The third-order valence-corrected chi connectivity index (χ3v) is 4.84. The van der Waals surface area contributed by atoms with E-state index >= 15 is 0 Å². The Hall–Kier alpha value is -3.16. The molecule has 0 bridgehead atoms. The van der Waals surface area contributed by atoms with Crippen LogP contribution in [-0.4, -0.2) is 21.1 Å². The first-order valence-corrected chi connectivity index (χ1v) is 9.59. The number of carbonyl (C=O) groups excluding carboxylic acids is 1. The molecule has 0 atom stereocenters. The number of aromatic nitrogens is 2. The van der Waals surface area contributed by atoms with Crippen LogP contribution >= 0.6 is 11.8 Å². The van der Waals surface area contributed by atoms with E-state index in [-0.39, 0.29) is 5.56 Å². The Morgan fingerprint density at radius 3 is 2.57 bits per heavy atom. The number of rotatable bonds is 7. The summed E-state index contributed by atoms with van der Waals surface area (Å²) in [6.45, 7) is 0. The van der Waals surface area contributed by atoms with Gasteiger partial charge in [-0.2, -0.15) is 0 Å². The molecule has 3 rings (SSSR count). The molecule has 28 heavy (non-hydrogen) atoms. The number of thioether (sulfide) groups is 1. The molecule has 7 heteroatoms. The molecule has 3 N–H and O–H groups in total. The minimum absolute atomic E-state index is 0.161. The van der Waals surface area contributed by atoms with Gasteiger partial charge in [0.1, 0.15) is 0 Å². The minimum atomic E-state index is -0.579. The molecule has 1 heterocycles. The van der Waals surface area contributed by atoms with Gasteiger partial charge in [-0.1, -0.05) is 66.4 Å². The van der Waals surface area contributed by atoms with Crippen LogP contribution in [0.25, 0.3) is 6.08 Å². The smallest absolute Gasteiger partial charge is 0.267 e. The Balaban J connectivity index is 1.63. The summed E-state index contributed by atoms with van der Waals surface area (Å²) in [7, 11) is 0. The molecule has 1 amide bonds. The van der Waals surface area contributed by atoms with Crippen molar-refractivity contribution in [2.45, 2.75) is 17.3 Å². The Bertz CT molecular complexity index is 1020. The number of hydrogen-bond donors (Lipinski definition) is 3. The number of hydrogen-bond acceptors (Lipinski definition) is 5. The number of nitrogens with one attached hydrogen (secondary N) is 2. The first-order valence-electron chi connectivity index (χ1n) is 8.60. The molecule has 2 aromatic carbocycles. The normalized spacial score (nSPS) is 10.9. The van der Waals surface area contributed by atoms with E-state index in [1.165, 1.54) is 23.9 Å². The van der Waals surface area contributed by atoms with Crippen molar-refractivity contribution in [1.29, 1.82) is 0 Å². The molecule has 0 radical (unpaired) electrons. The minimum Gasteiger partial charge on any atom is -0.301 e. The van der Waals surface area contributed by atoms with Gasteiger partial charge >= 0.3 is 0 Å². The topological polar surface area (TPSA) is 95.1 Å². The maximum Gasteiger partial charge on any atom is 0.267 e. The van der Waals surface area contributed by atoms with Crippen molar-refractivity contribution >= 4 is 23.7 Å². The zero-order valence-electron chi connectivity index (χ0n) is 15.0. The summed E-state index contributed by atoms with van der Waals surface area (Å²) in [5.41, 5.74) is 5.13. The van der Waals surface area contributed by atoms with Gasteiger partial charge in [0.25, 0.3) is 11.5 Å². The van der Waals surface area contributed by atoms with E-state index in [0.29, 0.717) is 17.3 Å². The predicted octanol–water partition coefficient (Wildman–Crippen LogP) is 3.17. The average molecular weight is 393 g/mol. The second kappa shape index (κ2) is 9.68. The number of benzene rings is 2. The Kier molecular flexibility index (Phi) is 6.78. The van der Waals surface area contributed by atoms with Crippen molar-refractivity contribution < 1.29 is 10.0 Å². The molecule has 0 aliphatic heterocycles. The third-order valence-electron chi connectivity index (χ3n) is 3.89. The number of nitrogens with zero attached hydrogens (tertiary/aromatic N) is 1. The predicted molar refractivity (Wildman–Crippen MR) is 109 cm³/mol. The number of H-pyrrole nitrogens is 1. The molecule has 1 aromatic heterocycles. The zero-order chi connectivity index (χ0) is 19.8. The Morgan fingerprint density at radius 1 is 1.11 bits per heavy atom. The lowest BCUT2D eigenvalue weighted by Gasteiger charge is -2.05. The van der Waals surface area contributed by atoms with E-state index in [9.17, 15) is 9.59 Å². The third kappa shape index (κ3) is 5.94. The molecule has 6 nitrogen and oxygen atoms in total. The quantitative estimate of drug-likeness (QED) is 0.188. The van der Waals surface area contributed by atoms with Gasteiger partial charge < -0.3 is 4.98 Å². The zero-order valence-corrected chi connectivity index (χ0v) is 15.8. The maximum absolute atomic E-state index is 11.9. The molecule has 142 valence electrons. The molecule has 0 unspecified atom stereocenters. The summed E-state index contributed by atoms with van der Waals surface area (Å²) in [5.74, 6) is 0.0730. The van der Waals surface area contributed by atoms with Gasteiger partial charge in [0, 0.05) is 24.3 Å². The molecule has 0 spiro atoms. The highest BCUT2D eigenvalue weighted by molar-refractivity contribution is 7.98. The number of amides is 1. The van der Waals surface area contributed by atoms with Crippen LogP contribution in [0.2, 0.25) is 0 Å². The van der Waals surface area contributed by atoms with Gasteiger partial charge in [-0.05, 0) is 22.8 Å². The summed E-state index contributed by atoms with van der Waals surface area (Å²) < 4.78 is 0. The highest BCUT2D eigenvalue weighted by Crippen LogP contribution is 2.19. The average Bonchev–Trinajstić information content (AvgIpc) is 2.71. The monoisotopic (exact) mass is 393 g/mol.